The van der Waals surface area contributed by atoms with Gasteiger partial charge in [-0.25, -0.2) is 14.4 Å². The molecule has 0 saturated carbocycles. The summed E-state index contributed by atoms with van der Waals surface area (Å²) in [4.78, 5) is 35.6. The van der Waals surface area contributed by atoms with Gasteiger partial charge < -0.3 is 14.6 Å². The van der Waals surface area contributed by atoms with Crippen LogP contribution in [0.5, 0.6) is 0 Å². The second-order valence-corrected chi connectivity index (χ2v) is 8.31. The van der Waals surface area contributed by atoms with E-state index in [1.807, 2.05) is 13.8 Å². The minimum Gasteiger partial charge on any atom is -0.478 e. The van der Waals surface area contributed by atoms with Crippen LogP contribution in [0.25, 0.3) is 0 Å². The zero-order valence-corrected chi connectivity index (χ0v) is 19.8. The van der Waals surface area contributed by atoms with Crippen LogP contribution in [0.4, 0.5) is 0 Å². The molecule has 32 heavy (non-hydrogen) atoms. The molecule has 0 saturated heterocycles. The molecule has 1 N–H and O–H groups in total. The minimum atomic E-state index is -1.09. The number of unbranched alkanes of at least 4 members (excludes halogenated alkanes) is 4. The largest absolute Gasteiger partial charge is 0.478 e. The normalized spacial score (nSPS) is 20.3. The van der Waals surface area contributed by atoms with Gasteiger partial charge in [0.15, 0.2) is 0 Å². The number of carbonyl (C=O) groups is 3. The maximum absolute atomic E-state index is 12.0. The molecule has 0 aromatic carbocycles. The molecule has 0 aliphatic carbocycles. The van der Waals surface area contributed by atoms with Crippen molar-refractivity contribution in [1.29, 1.82) is 0 Å². The molecule has 0 bridgehead atoms. The highest BCUT2D eigenvalue weighted by molar-refractivity contribution is 5.90. The van der Waals surface area contributed by atoms with Gasteiger partial charge in [-0.1, -0.05) is 70.6 Å². The summed E-state index contributed by atoms with van der Waals surface area (Å²) in [5.41, 5.74) is 0.951. The van der Waals surface area contributed by atoms with Gasteiger partial charge >= 0.3 is 17.9 Å². The number of allylic oxidation sites excluding steroid dienone is 3. The molecule has 3 atom stereocenters. The van der Waals surface area contributed by atoms with Crippen molar-refractivity contribution in [3.63, 3.8) is 0 Å². The van der Waals surface area contributed by atoms with Crippen molar-refractivity contribution < 1.29 is 29.0 Å². The first-order valence-electron chi connectivity index (χ1n) is 11.7. The summed E-state index contributed by atoms with van der Waals surface area (Å²) in [6.07, 6.45) is 15.6. The molecule has 1 aliphatic rings. The van der Waals surface area contributed by atoms with Crippen LogP contribution in [0.15, 0.2) is 47.6 Å². The molecule has 6 heteroatoms. The van der Waals surface area contributed by atoms with Gasteiger partial charge in [-0.3, -0.25) is 0 Å². The average molecular weight is 447 g/mol. The van der Waals surface area contributed by atoms with Gasteiger partial charge in [-0.15, -0.1) is 0 Å². The van der Waals surface area contributed by atoms with Crippen molar-refractivity contribution in [3.05, 3.63) is 47.6 Å². The fourth-order valence-electron chi connectivity index (χ4n) is 3.54. The summed E-state index contributed by atoms with van der Waals surface area (Å²) in [6.45, 7) is 8.49. The van der Waals surface area contributed by atoms with E-state index < -0.39 is 29.9 Å². The van der Waals surface area contributed by atoms with Crippen LogP contribution in [0.3, 0.4) is 0 Å². The Morgan fingerprint density at radius 2 is 1.91 bits per heavy atom. The number of aliphatic carboxylic acids is 1. The minimum absolute atomic E-state index is 0.106. The van der Waals surface area contributed by atoms with Crippen molar-refractivity contribution in [3.8, 4) is 0 Å². The summed E-state index contributed by atoms with van der Waals surface area (Å²) in [6, 6.07) is 0. The number of carboxylic acid groups (broad SMARTS) is 1. The number of hydrogen-bond donors (Lipinski definition) is 1. The Labute approximate surface area is 192 Å². The van der Waals surface area contributed by atoms with Crippen molar-refractivity contribution in [2.45, 2.75) is 78.7 Å². The van der Waals surface area contributed by atoms with E-state index in [-0.39, 0.29) is 5.57 Å². The molecule has 0 amide bonds. The molecule has 0 aromatic heterocycles. The van der Waals surface area contributed by atoms with Crippen molar-refractivity contribution in [1.82, 2.24) is 0 Å². The predicted octanol–water partition coefficient (Wildman–Crippen LogP) is 5.55. The van der Waals surface area contributed by atoms with Crippen molar-refractivity contribution >= 4 is 17.9 Å². The third kappa shape index (κ3) is 10.6. The second-order valence-electron chi connectivity index (χ2n) is 8.31. The van der Waals surface area contributed by atoms with Gasteiger partial charge in [-0.2, -0.15) is 0 Å². The zero-order chi connectivity index (χ0) is 23.9. The Hall–Kier alpha value is -2.63. The first kappa shape index (κ1) is 27.4. The highest BCUT2D eigenvalue weighted by atomic mass is 16.5. The lowest BCUT2D eigenvalue weighted by Crippen LogP contribution is -2.31. The Bertz CT molecular complexity index is 743. The van der Waals surface area contributed by atoms with Crippen LogP contribution in [0, 0.1) is 11.8 Å². The lowest BCUT2D eigenvalue weighted by Gasteiger charge is -2.25. The van der Waals surface area contributed by atoms with Crippen molar-refractivity contribution in [2.75, 3.05) is 6.61 Å². The SMILES string of the molecule is CCCCCCC(C)C=C(C)C=C(C(=O)O)[C@@H]1C=CC(=O)O[C@H]1C=CC(=O)OCCCC. The highest BCUT2D eigenvalue weighted by Crippen LogP contribution is 2.27. The molecule has 6 nitrogen and oxygen atoms in total. The highest BCUT2D eigenvalue weighted by Gasteiger charge is 2.31. The third-order valence-electron chi connectivity index (χ3n) is 5.26. The smallest absolute Gasteiger partial charge is 0.332 e. The summed E-state index contributed by atoms with van der Waals surface area (Å²) in [5.74, 6) is -2.57. The fraction of sp³-hybridized carbons (Fsp3) is 0.577. The number of cyclic esters (lactones) is 1. The number of hydrogen-bond acceptors (Lipinski definition) is 5. The van der Waals surface area contributed by atoms with E-state index in [1.165, 1.54) is 43.6 Å². The number of rotatable bonds is 14. The maximum Gasteiger partial charge on any atom is 0.332 e. The van der Waals surface area contributed by atoms with E-state index in [0.717, 1.165) is 31.3 Å². The molecular formula is C26H38O6. The Balaban J connectivity index is 2.97. The summed E-state index contributed by atoms with van der Waals surface area (Å²) in [7, 11) is 0. The van der Waals surface area contributed by atoms with Crippen LogP contribution in [0.2, 0.25) is 0 Å². The number of carbonyl (C=O) groups excluding carboxylic acids is 2. The molecule has 0 radical (unpaired) electrons. The van der Waals surface area contributed by atoms with E-state index in [9.17, 15) is 19.5 Å². The van der Waals surface area contributed by atoms with E-state index >= 15 is 0 Å². The van der Waals surface area contributed by atoms with E-state index in [0.29, 0.717) is 12.5 Å². The standard InChI is InChI=1S/C26H38O6/c1-5-7-9-10-11-19(3)17-20(4)18-22(26(29)30)21-12-14-25(28)32-23(21)13-15-24(27)31-16-8-6-2/h12-15,17-19,21,23H,5-11,16H2,1-4H3,(H,29,30)/t19?,21-,23-/m0/s1. The predicted molar refractivity (Wildman–Crippen MR) is 125 cm³/mol. The summed E-state index contributed by atoms with van der Waals surface area (Å²) < 4.78 is 10.4. The lowest BCUT2D eigenvalue weighted by molar-refractivity contribution is -0.145. The zero-order valence-electron chi connectivity index (χ0n) is 19.8. The Kier molecular flexibility index (Phi) is 13.0. The van der Waals surface area contributed by atoms with E-state index in [1.54, 1.807) is 6.08 Å². The van der Waals surface area contributed by atoms with Gasteiger partial charge in [0.05, 0.1) is 12.5 Å². The Morgan fingerprint density at radius 1 is 1.19 bits per heavy atom. The molecule has 178 valence electrons. The average Bonchev–Trinajstić information content (AvgIpc) is 2.74. The summed E-state index contributed by atoms with van der Waals surface area (Å²) in [5, 5.41) is 9.83. The van der Waals surface area contributed by atoms with Crippen LogP contribution < -0.4 is 0 Å². The monoisotopic (exact) mass is 446 g/mol. The van der Waals surface area contributed by atoms with Crippen LogP contribution in [-0.2, 0) is 23.9 Å². The topological polar surface area (TPSA) is 89.9 Å². The first-order valence-corrected chi connectivity index (χ1v) is 11.7. The summed E-state index contributed by atoms with van der Waals surface area (Å²) >= 11 is 0. The molecule has 0 aromatic rings. The molecule has 1 heterocycles. The third-order valence-corrected chi connectivity index (χ3v) is 5.26. The van der Waals surface area contributed by atoms with Gasteiger partial charge in [0.2, 0.25) is 0 Å². The van der Waals surface area contributed by atoms with Crippen LogP contribution in [0.1, 0.15) is 72.6 Å². The van der Waals surface area contributed by atoms with Gasteiger partial charge in [0.1, 0.15) is 6.10 Å². The van der Waals surface area contributed by atoms with Gasteiger partial charge in [0, 0.05) is 17.7 Å². The molecular weight excluding hydrogens is 408 g/mol. The van der Waals surface area contributed by atoms with E-state index in [2.05, 4.69) is 19.9 Å². The van der Waals surface area contributed by atoms with Gasteiger partial charge in [-0.05, 0) is 37.8 Å². The quantitative estimate of drug-likeness (QED) is 0.163. The number of ether oxygens (including phenoxy) is 2. The number of esters is 2. The maximum atomic E-state index is 12.0. The fourth-order valence-corrected chi connectivity index (χ4v) is 3.54. The molecule has 0 fully saturated rings. The molecule has 1 rings (SSSR count). The van der Waals surface area contributed by atoms with Crippen molar-refractivity contribution in [2.24, 2.45) is 11.8 Å². The number of carboxylic acids is 1. The molecule has 1 unspecified atom stereocenters. The molecule has 0 spiro atoms. The second kappa shape index (κ2) is 15.2. The van der Waals surface area contributed by atoms with Crippen LogP contribution >= 0.6 is 0 Å². The Morgan fingerprint density at radius 3 is 2.56 bits per heavy atom. The molecule has 1 aliphatic heterocycles. The first-order chi connectivity index (χ1) is 15.3. The van der Waals surface area contributed by atoms with Gasteiger partial charge in [0.25, 0.3) is 0 Å². The van der Waals surface area contributed by atoms with Crippen LogP contribution in [-0.4, -0.2) is 35.7 Å². The van der Waals surface area contributed by atoms with E-state index in [4.69, 9.17) is 9.47 Å². The lowest BCUT2D eigenvalue weighted by atomic mass is 9.88.